The zero-order chi connectivity index (χ0) is 15.5. The average molecular weight is 331 g/mol. The van der Waals surface area contributed by atoms with E-state index in [0.29, 0.717) is 23.6 Å². The zero-order valence-corrected chi connectivity index (χ0v) is 12.7. The van der Waals surface area contributed by atoms with E-state index < -0.39 is 21.3 Å². The summed E-state index contributed by atoms with van der Waals surface area (Å²) < 4.78 is 26.0. The molecule has 1 atom stereocenters. The van der Waals surface area contributed by atoms with Gasteiger partial charge in [0, 0.05) is 17.1 Å². The Morgan fingerprint density at radius 2 is 1.86 bits per heavy atom. The van der Waals surface area contributed by atoms with Gasteiger partial charge in [0.15, 0.2) is 5.78 Å². The summed E-state index contributed by atoms with van der Waals surface area (Å²) in [6.45, 7) is 0. The first kappa shape index (κ1) is 15.8. The molecule has 1 aromatic carbocycles. The van der Waals surface area contributed by atoms with Gasteiger partial charge in [0.05, 0.1) is 0 Å². The van der Waals surface area contributed by atoms with Crippen LogP contribution in [-0.4, -0.2) is 25.5 Å². The maximum atomic E-state index is 12.0. The molecule has 2 rings (SSSR count). The molecule has 2 amide bonds. The molecule has 0 radical (unpaired) electrons. The highest BCUT2D eigenvalue weighted by Crippen LogP contribution is 2.20. The Morgan fingerprint density at radius 3 is 2.48 bits per heavy atom. The number of anilines is 1. The lowest BCUT2D eigenvalue weighted by Crippen LogP contribution is -2.45. The molecular formula is C13H15ClN2O4S. The Kier molecular flexibility index (Phi) is 4.84. The normalized spacial score (nSPS) is 19.1. The summed E-state index contributed by atoms with van der Waals surface area (Å²) in [4.78, 5) is 23.4. The van der Waals surface area contributed by atoms with Gasteiger partial charge in [-0.3, -0.25) is 4.79 Å². The third-order valence-electron chi connectivity index (χ3n) is 3.21. The highest BCUT2D eigenvalue weighted by atomic mass is 35.5. The molecule has 0 spiro atoms. The molecular weight excluding hydrogens is 316 g/mol. The maximum Gasteiger partial charge on any atom is 0.332 e. The maximum absolute atomic E-state index is 12.0. The molecule has 2 N–H and O–H groups in total. The van der Waals surface area contributed by atoms with E-state index in [1.165, 1.54) is 0 Å². The molecule has 6 nitrogen and oxygen atoms in total. The molecule has 1 aliphatic rings. The summed E-state index contributed by atoms with van der Waals surface area (Å²) in [6.07, 6.45) is 1.85. The number of halogens is 1. The van der Waals surface area contributed by atoms with Crippen molar-refractivity contribution in [1.82, 2.24) is 4.72 Å². The summed E-state index contributed by atoms with van der Waals surface area (Å²) in [7, 11) is -4.00. The van der Waals surface area contributed by atoms with Crippen LogP contribution in [0, 0.1) is 0 Å². The summed E-state index contributed by atoms with van der Waals surface area (Å²) in [5.41, 5.74) is 0.405. The van der Waals surface area contributed by atoms with Crippen molar-refractivity contribution in [2.45, 2.75) is 30.9 Å². The van der Waals surface area contributed by atoms with E-state index in [1.807, 2.05) is 4.72 Å². The number of ketones is 1. The molecule has 114 valence electrons. The largest absolute Gasteiger partial charge is 0.332 e. The van der Waals surface area contributed by atoms with Gasteiger partial charge < -0.3 is 5.32 Å². The Morgan fingerprint density at radius 1 is 1.19 bits per heavy atom. The van der Waals surface area contributed by atoms with Crippen LogP contribution in [0.25, 0.3) is 0 Å². The van der Waals surface area contributed by atoms with Crippen LogP contribution in [0.5, 0.6) is 0 Å². The van der Waals surface area contributed by atoms with Crippen LogP contribution in [0.3, 0.4) is 0 Å². The van der Waals surface area contributed by atoms with E-state index in [4.69, 9.17) is 11.6 Å². The third kappa shape index (κ3) is 4.18. The minimum absolute atomic E-state index is 0.240. The van der Waals surface area contributed by atoms with Crippen molar-refractivity contribution in [2.24, 2.45) is 0 Å². The number of carbonyl (C=O) groups excluding carboxylic acids is 2. The van der Waals surface area contributed by atoms with E-state index >= 15 is 0 Å². The Labute approximate surface area is 127 Å². The van der Waals surface area contributed by atoms with Crippen molar-refractivity contribution in [3.8, 4) is 0 Å². The molecule has 8 heteroatoms. The van der Waals surface area contributed by atoms with Gasteiger partial charge in [0.1, 0.15) is 5.25 Å². The van der Waals surface area contributed by atoms with Crippen LogP contribution in [-0.2, 0) is 14.8 Å². The van der Waals surface area contributed by atoms with Gasteiger partial charge in [-0.15, -0.1) is 0 Å². The lowest BCUT2D eigenvalue weighted by molar-refractivity contribution is -0.119. The second kappa shape index (κ2) is 6.44. The Bertz CT molecular complexity index is 643. The highest BCUT2D eigenvalue weighted by molar-refractivity contribution is 7.91. The van der Waals surface area contributed by atoms with Crippen LogP contribution in [0.1, 0.15) is 25.7 Å². The predicted octanol–water partition coefficient (Wildman–Crippen LogP) is 2.30. The van der Waals surface area contributed by atoms with Crippen LogP contribution in [0.4, 0.5) is 10.5 Å². The van der Waals surface area contributed by atoms with Crippen molar-refractivity contribution in [2.75, 3.05) is 5.32 Å². The first-order valence-corrected chi connectivity index (χ1v) is 8.42. The number of hydrogen-bond donors (Lipinski definition) is 2. The van der Waals surface area contributed by atoms with Gasteiger partial charge in [-0.2, -0.15) is 0 Å². The number of nitrogens with one attached hydrogen (secondary N) is 2. The van der Waals surface area contributed by atoms with E-state index in [1.54, 1.807) is 24.3 Å². The summed E-state index contributed by atoms with van der Waals surface area (Å²) in [6, 6.07) is 5.32. The summed E-state index contributed by atoms with van der Waals surface area (Å²) in [5, 5.41) is 1.74. The van der Waals surface area contributed by atoms with Crippen molar-refractivity contribution in [3.63, 3.8) is 0 Å². The van der Waals surface area contributed by atoms with E-state index in [-0.39, 0.29) is 18.6 Å². The number of benzene rings is 1. The van der Waals surface area contributed by atoms with Crippen LogP contribution in [0.15, 0.2) is 24.3 Å². The SMILES string of the molecule is O=C(Nc1ccc(Cl)cc1)NS(=O)(=O)C1CCCCC1=O. The minimum Gasteiger partial charge on any atom is -0.307 e. The summed E-state index contributed by atoms with van der Waals surface area (Å²) in [5.74, 6) is -0.340. The third-order valence-corrected chi connectivity index (χ3v) is 5.18. The van der Waals surface area contributed by atoms with E-state index in [9.17, 15) is 18.0 Å². The smallest absolute Gasteiger partial charge is 0.307 e. The monoisotopic (exact) mass is 330 g/mol. The predicted molar refractivity (Wildman–Crippen MR) is 79.8 cm³/mol. The van der Waals surface area contributed by atoms with Crippen molar-refractivity contribution < 1.29 is 18.0 Å². The molecule has 0 bridgehead atoms. The molecule has 0 heterocycles. The van der Waals surface area contributed by atoms with Gasteiger partial charge in [-0.25, -0.2) is 17.9 Å². The molecule has 1 unspecified atom stereocenters. The number of hydrogen-bond acceptors (Lipinski definition) is 4. The molecule has 0 aliphatic heterocycles. The van der Waals surface area contributed by atoms with Gasteiger partial charge in [-0.1, -0.05) is 18.0 Å². The van der Waals surface area contributed by atoms with Crippen LogP contribution < -0.4 is 10.0 Å². The fourth-order valence-electron chi connectivity index (χ4n) is 2.17. The quantitative estimate of drug-likeness (QED) is 0.889. The number of amides is 2. The first-order chi connectivity index (χ1) is 9.88. The van der Waals surface area contributed by atoms with Crippen molar-refractivity contribution >= 4 is 39.1 Å². The molecule has 1 saturated carbocycles. The Balaban J connectivity index is 2.00. The molecule has 1 aliphatic carbocycles. The number of Topliss-reactive ketones (excluding diaryl/α,β-unsaturated/α-hetero) is 1. The average Bonchev–Trinajstić information content (AvgIpc) is 2.41. The zero-order valence-electron chi connectivity index (χ0n) is 11.1. The molecule has 21 heavy (non-hydrogen) atoms. The topological polar surface area (TPSA) is 92.3 Å². The van der Waals surface area contributed by atoms with Crippen molar-refractivity contribution in [1.29, 1.82) is 0 Å². The Hall–Kier alpha value is -1.60. The lowest BCUT2D eigenvalue weighted by Gasteiger charge is -2.20. The van der Waals surface area contributed by atoms with E-state index in [2.05, 4.69) is 5.32 Å². The molecule has 1 fully saturated rings. The van der Waals surface area contributed by atoms with Gasteiger partial charge in [0.2, 0.25) is 10.0 Å². The van der Waals surface area contributed by atoms with E-state index in [0.717, 1.165) is 0 Å². The van der Waals surface area contributed by atoms with Crippen LogP contribution in [0.2, 0.25) is 5.02 Å². The highest BCUT2D eigenvalue weighted by Gasteiger charge is 2.35. The minimum atomic E-state index is -4.00. The van der Waals surface area contributed by atoms with Gasteiger partial charge in [0.25, 0.3) is 0 Å². The lowest BCUT2D eigenvalue weighted by atomic mass is 9.99. The van der Waals surface area contributed by atoms with Gasteiger partial charge in [-0.05, 0) is 37.1 Å². The fraction of sp³-hybridized carbons (Fsp3) is 0.385. The molecule has 0 aromatic heterocycles. The fourth-order valence-corrected chi connectivity index (χ4v) is 3.69. The summed E-state index contributed by atoms with van der Waals surface area (Å²) >= 11 is 5.71. The standard InChI is InChI=1S/C13H15ClN2O4S/c14-9-5-7-10(8-6-9)15-13(18)16-21(19,20)12-4-2-1-3-11(12)17/h5-8,12H,1-4H2,(H2,15,16,18). The molecule has 0 saturated heterocycles. The first-order valence-electron chi connectivity index (χ1n) is 6.49. The number of sulfonamides is 1. The second-order valence-electron chi connectivity index (χ2n) is 4.81. The molecule has 1 aromatic rings. The number of urea groups is 1. The van der Waals surface area contributed by atoms with Crippen LogP contribution >= 0.6 is 11.6 Å². The number of rotatable bonds is 3. The van der Waals surface area contributed by atoms with Gasteiger partial charge >= 0.3 is 6.03 Å². The number of carbonyl (C=O) groups is 2. The van der Waals surface area contributed by atoms with Crippen molar-refractivity contribution in [3.05, 3.63) is 29.3 Å². The second-order valence-corrected chi connectivity index (χ2v) is 7.11.